The Kier molecular flexibility index (Phi) is 7.39. The quantitative estimate of drug-likeness (QED) is 0.373. The molecular formula is C29H44N4S2. The van der Waals surface area contributed by atoms with Crippen LogP contribution in [0.3, 0.4) is 0 Å². The first-order valence-electron chi connectivity index (χ1n) is 14.6. The maximum absolute atomic E-state index is 5.79. The molecule has 0 spiro atoms. The number of fused-ring (bicyclic) bond motifs is 4. The molecule has 0 unspecified atom stereocenters. The summed E-state index contributed by atoms with van der Waals surface area (Å²) in [4.78, 5) is 4.89. The van der Waals surface area contributed by atoms with Crippen molar-refractivity contribution in [2.75, 3.05) is 26.2 Å². The Bertz CT molecular complexity index is 772. The number of rotatable bonds is 6. The van der Waals surface area contributed by atoms with Crippen LogP contribution in [0.1, 0.15) is 70.6 Å². The van der Waals surface area contributed by atoms with Crippen molar-refractivity contribution in [1.82, 2.24) is 20.4 Å². The first-order valence-corrected chi connectivity index (χ1v) is 15.4. The first-order chi connectivity index (χ1) is 17.1. The SMILES string of the molecule is S=C(N[C@H]1C[C@@H]2C=C[C@@H]1C2)N1CCC(CCCC2CCN(C(=S)N[C@@H]3C[C@@H]4C=C[C@@H]3C4)CC2)CC1. The van der Waals surface area contributed by atoms with Gasteiger partial charge in [0.15, 0.2) is 10.2 Å². The Hall–Kier alpha value is -1.14. The lowest BCUT2D eigenvalue weighted by molar-refractivity contribution is 0.224. The van der Waals surface area contributed by atoms with Crippen LogP contribution in [0, 0.1) is 35.5 Å². The second-order valence-electron chi connectivity index (χ2n) is 12.5. The van der Waals surface area contributed by atoms with E-state index in [1.807, 2.05) is 0 Å². The molecule has 0 aromatic rings. The van der Waals surface area contributed by atoms with Gasteiger partial charge in [0.25, 0.3) is 0 Å². The van der Waals surface area contributed by atoms with E-state index in [0.717, 1.165) is 60.1 Å². The van der Waals surface area contributed by atoms with Crippen LogP contribution in [-0.4, -0.2) is 58.3 Å². The van der Waals surface area contributed by atoms with E-state index >= 15 is 0 Å². The second kappa shape index (κ2) is 10.7. The fourth-order valence-electron chi connectivity index (χ4n) is 7.94. The van der Waals surface area contributed by atoms with Crippen molar-refractivity contribution < 1.29 is 0 Å². The molecule has 2 N–H and O–H groups in total. The van der Waals surface area contributed by atoms with E-state index < -0.39 is 0 Å². The number of nitrogens with zero attached hydrogens (tertiary/aromatic N) is 2. The number of allylic oxidation sites excluding steroid dienone is 2. The smallest absolute Gasteiger partial charge is 0.169 e. The Balaban J connectivity index is 0.835. The monoisotopic (exact) mass is 512 g/mol. The van der Waals surface area contributed by atoms with Gasteiger partial charge in [0.05, 0.1) is 0 Å². The van der Waals surface area contributed by atoms with Crippen LogP contribution < -0.4 is 10.6 Å². The van der Waals surface area contributed by atoms with E-state index in [4.69, 9.17) is 24.4 Å². The van der Waals surface area contributed by atoms with Gasteiger partial charge in [0.2, 0.25) is 0 Å². The lowest BCUT2D eigenvalue weighted by Crippen LogP contribution is -2.48. The summed E-state index contributed by atoms with van der Waals surface area (Å²) >= 11 is 11.6. The molecule has 2 heterocycles. The molecule has 0 aromatic heterocycles. The van der Waals surface area contributed by atoms with Gasteiger partial charge in [0.1, 0.15) is 0 Å². The lowest BCUT2D eigenvalue weighted by Gasteiger charge is -2.37. The van der Waals surface area contributed by atoms with Gasteiger partial charge in [-0.1, -0.05) is 43.6 Å². The van der Waals surface area contributed by atoms with Crippen molar-refractivity contribution in [3.63, 3.8) is 0 Å². The Morgan fingerprint density at radius 1 is 0.629 bits per heavy atom. The number of nitrogens with one attached hydrogen (secondary N) is 2. The molecule has 4 aliphatic carbocycles. The predicted octanol–water partition coefficient (Wildman–Crippen LogP) is 5.26. The van der Waals surface area contributed by atoms with Gasteiger partial charge in [-0.15, -0.1) is 0 Å². The fraction of sp³-hybridized carbons (Fsp3) is 0.793. The molecule has 2 aliphatic heterocycles. The van der Waals surface area contributed by atoms with Crippen LogP contribution in [0.25, 0.3) is 0 Å². The highest BCUT2D eigenvalue weighted by Gasteiger charge is 2.37. The molecule has 192 valence electrons. The van der Waals surface area contributed by atoms with Gasteiger partial charge in [-0.2, -0.15) is 0 Å². The summed E-state index contributed by atoms with van der Waals surface area (Å²) in [6, 6.07) is 1.17. The molecular weight excluding hydrogens is 468 g/mol. The third-order valence-electron chi connectivity index (χ3n) is 10.2. The third kappa shape index (κ3) is 5.58. The largest absolute Gasteiger partial charge is 0.359 e. The summed E-state index contributed by atoms with van der Waals surface area (Å²) in [5, 5.41) is 9.45. The number of piperidine rings is 2. The molecule has 6 aliphatic rings. The molecule has 6 rings (SSSR count). The zero-order valence-electron chi connectivity index (χ0n) is 21.2. The van der Waals surface area contributed by atoms with Crippen molar-refractivity contribution in [3.8, 4) is 0 Å². The highest BCUT2D eigenvalue weighted by Crippen LogP contribution is 2.40. The van der Waals surface area contributed by atoms with E-state index in [1.54, 1.807) is 0 Å². The van der Waals surface area contributed by atoms with E-state index in [2.05, 4.69) is 44.7 Å². The molecule has 0 aromatic carbocycles. The maximum atomic E-state index is 5.79. The molecule has 6 atom stereocenters. The minimum absolute atomic E-state index is 0.585. The van der Waals surface area contributed by atoms with Gasteiger partial charge < -0.3 is 20.4 Å². The van der Waals surface area contributed by atoms with Crippen LogP contribution in [0.4, 0.5) is 0 Å². The topological polar surface area (TPSA) is 30.5 Å². The van der Waals surface area contributed by atoms with Crippen LogP contribution in [0.2, 0.25) is 0 Å². The molecule has 35 heavy (non-hydrogen) atoms. The summed E-state index contributed by atoms with van der Waals surface area (Å²) in [6.45, 7) is 4.59. The van der Waals surface area contributed by atoms with Crippen LogP contribution >= 0.6 is 24.4 Å². The number of likely N-dealkylation sites (tertiary alicyclic amines) is 2. The minimum atomic E-state index is 0.585. The van der Waals surface area contributed by atoms with E-state index in [0.29, 0.717) is 23.9 Å². The fourth-order valence-corrected chi connectivity index (χ4v) is 8.61. The number of hydrogen-bond donors (Lipinski definition) is 2. The van der Waals surface area contributed by atoms with E-state index in [9.17, 15) is 0 Å². The van der Waals surface area contributed by atoms with Crippen molar-refractivity contribution >= 4 is 34.7 Å². The lowest BCUT2D eigenvalue weighted by atomic mass is 9.87. The first kappa shape index (κ1) is 24.2. The molecule has 0 amide bonds. The van der Waals surface area contributed by atoms with E-state index in [-0.39, 0.29) is 0 Å². The summed E-state index contributed by atoms with van der Waals surface area (Å²) in [7, 11) is 0. The van der Waals surface area contributed by atoms with E-state index in [1.165, 1.54) is 70.6 Å². The van der Waals surface area contributed by atoms with Gasteiger partial charge in [-0.05, 0) is 111 Å². The standard InChI is InChI=1S/C29H44N4S2/c34-28(30-26-18-22-4-6-24(26)16-22)32-12-8-20(9-13-32)2-1-3-21-10-14-33(15-11-21)29(35)31-27-19-23-5-7-25(27)17-23/h4-7,20-27H,1-3,8-19H2,(H,30,34)(H,31,35)/t22-,23-,24-,25-,26-,27+/m1/s1. The van der Waals surface area contributed by atoms with Crippen molar-refractivity contribution in [3.05, 3.63) is 24.3 Å². The summed E-state index contributed by atoms with van der Waals surface area (Å²) in [6.07, 6.45) is 24.3. The van der Waals surface area contributed by atoms with Crippen LogP contribution in [-0.2, 0) is 0 Å². The van der Waals surface area contributed by atoms with Gasteiger partial charge in [0, 0.05) is 38.3 Å². The zero-order valence-corrected chi connectivity index (χ0v) is 22.9. The number of thiocarbonyl (C=S) groups is 2. The maximum Gasteiger partial charge on any atom is 0.169 e. The highest BCUT2D eigenvalue weighted by atomic mass is 32.1. The van der Waals surface area contributed by atoms with Gasteiger partial charge >= 0.3 is 0 Å². The Morgan fingerprint density at radius 2 is 1.06 bits per heavy atom. The van der Waals surface area contributed by atoms with Crippen LogP contribution in [0.5, 0.6) is 0 Å². The van der Waals surface area contributed by atoms with Crippen molar-refractivity contribution in [1.29, 1.82) is 0 Å². The summed E-state index contributed by atoms with van der Waals surface area (Å²) < 4.78 is 0. The highest BCUT2D eigenvalue weighted by molar-refractivity contribution is 7.80. The normalized spacial score (nSPS) is 36.3. The average molecular weight is 513 g/mol. The average Bonchev–Trinajstić information content (AvgIpc) is 3.68. The molecule has 6 heteroatoms. The second-order valence-corrected chi connectivity index (χ2v) is 13.2. The Morgan fingerprint density at radius 3 is 1.40 bits per heavy atom. The van der Waals surface area contributed by atoms with Gasteiger partial charge in [-0.3, -0.25) is 0 Å². The molecule has 0 radical (unpaired) electrons. The molecule has 2 saturated carbocycles. The third-order valence-corrected chi connectivity index (χ3v) is 11.0. The molecule has 4 nitrogen and oxygen atoms in total. The zero-order chi connectivity index (χ0) is 23.8. The Labute approximate surface area is 223 Å². The molecule has 4 fully saturated rings. The summed E-state index contributed by atoms with van der Waals surface area (Å²) in [5.41, 5.74) is 0. The summed E-state index contributed by atoms with van der Waals surface area (Å²) in [5.74, 6) is 4.83. The number of hydrogen-bond acceptors (Lipinski definition) is 2. The van der Waals surface area contributed by atoms with Crippen LogP contribution in [0.15, 0.2) is 24.3 Å². The van der Waals surface area contributed by atoms with Gasteiger partial charge in [-0.25, -0.2) is 0 Å². The van der Waals surface area contributed by atoms with Crippen molar-refractivity contribution in [2.24, 2.45) is 35.5 Å². The predicted molar refractivity (Wildman–Crippen MR) is 152 cm³/mol. The van der Waals surface area contributed by atoms with Crippen molar-refractivity contribution in [2.45, 2.75) is 82.7 Å². The molecule has 4 bridgehead atoms. The minimum Gasteiger partial charge on any atom is -0.359 e. The molecule has 2 saturated heterocycles.